The molecule has 0 aliphatic heterocycles. The second-order valence-electron chi connectivity index (χ2n) is 5.27. The van der Waals surface area contributed by atoms with Crippen molar-refractivity contribution in [3.63, 3.8) is 0 Å². The maximum absolute atomic E-state index is 11.5. The standard InChI is InChI=1S/C13H23N3O2/c1-6-9(4)12-15-14-10(5)16(12)11(13(17)18)7-8(2)3/h8-9,11H,6-7H2,1-5H3,(H,17,18). The fourth-order valence-electron chi connectivity index (χ4n) is 2.05. The summed E-state index contributed by atoms with van der Waals surface area (Å²) in [5.41, 5.74) is 0. The fraction of sp³-hybridized carbons (Fsp3) is 0.769. The molecule has 0 radical (unpaired) electrons. The Hall–Kier alpha value is -1.39. The summed E-state index contributed by atoms with van der Waals surface area (Å²) in [6.45, 7) is 9.98. The quantitative estimate of drug-likeness (QED) is 0.846. The highest BCUT2D eigenvalue weighted by Crippen LogP contribution is 2.26. The van der Waals surface area contributed by atoms with Crippen LogP contribution in [-0.4, -0.2) is 25.8 Å². The first kappa shape index (κ1) is 14.7. The summed E-state index contributed by atoms with van der Waals surface area (Å²) in [6, 6.07) is -0.566. The number of rotatable bonds is 6. The Bertz CT molecular complexity index is 412. The number of carbonyl (C=O) groups is 1. The summed E-state index contributed by atoms with van der Waals surface area (Å²) in [6.07, 6.45) is 1.52. The van der Waals surface area contributed by atoms with Gasteiger partial charge in [-0.3, -0.25) is 0 Å². The molecule has 0 saturated heterocycles. The van der Waals surface area contributed by atoms with Gasteiger partial charge < -0.3 is 9.67 Å². The molecule has 1 aromatic heterocycles. The minimum Gasteiger partial charge on any atom is -0.480 e. The summed E-state index contributed by atoms with van der Waals surface area (Å²) in [5.74, 6) is 1.19. The average Bonchev–Trinajstić information content (AvgIpc) is 2.66. The van der Waals surface area contributed by atoms with E-state index in [1.54, 1.807) is 4.57 Å². The van der Waals surface area contributed by atoms with Crippen LogP contribution in [0.1, 0.15) is 64.1 Å². The fourth-order valence-corrected chi connectivity index (χ4v) is 2.05. The maximum Gasteiger partial charge on any atom is 0.326 e. The topological polar surface area (TPSA) is 68.0 Å². The highest BCUT2D eigenvalue weighted by molar-refractivity contribution is 5.72. The van der Waals surface area contributed by atoms with Crippen molar-refractivity contribution in [3.8, 4) is 0 Å². The third-order valence-electron chi connectivity index (χ3n) is 3.24. The zero-order valence-corrected chi connectivity index (χ0v) is 11.8. The van der Waals surface area contributed by atoms with Crippen molar-refractivity contribution in [3.05, 3.63) is 11.6 Å². The van der Waals surface area contributed by atoms with Crippen molar-refractivity contribution in [2.24, 2.45) is 5.92 Å². The largest absolute Gasteiger partial charge is 0.480 e. The second-order valence-corrected chi connectivity index (χ2v) is 5.27. The molecule has 2 unspecified atom stereocenters. The zero-order valence-electron chi connectivity index (χ0n) is 11.8. The van der Waals surface area contributed by atoms with Gasteiger partial charge >= 0.3 is 5.97 Å². The van der Waals surface area contributed by atoms with Crippen LogP contribution in [0.25, 0.3) is 0 Å². The summed E-state index contributed by atoms with van der Waals surface area (Å²) < 4.78 is 1.79. The molecule has 0 aliphatic carbocycles. The van der Waals surface area contributed by atoms with E-state index in [1.807, 2.05) is 27.7 Å². The Morgan fingerprint density at radius 3 is 2.39 bits per heavy atom. The van der Waals surface area contributed by atoms with Crippen molar-refractivity contribution in [1.29, 1.82) is 0 Å². The molecule has 0 aliphatic rings. The third-order valence-corrected chi connectivity index (χ3v) is 3.24. The summed E-state index contributed by atoms with van der Waals surface area (Å²) in [4.78, 5) is 11.5. The van der Waals surface area contributed by atoms with E-state index in [2.05, 4.69) is 17.1 Å². The normalized spacial score (nSPS) is 14.8. The van der Waals surface area contributed by atoms with Gasteiger partial charge in [-0.25, -0.2) is 4.79 Å². The molecule has 2 atom stereocenters. The van der Waals surface area contributed by atoms with Crippen LogP contribution in [0, 0.1) is 12.8 Å². The lowest BCUT2D eigenvalue weighted by atomic mass is 10.0. The monoisotopic (exact) mass is 253 g/mol. The lowest BCUT2D eigenvalue weighted by molar-refractivity contribution is -0.141. The van der Waals surface area contributed by atoms with Gasteiger partial charge in [0.2, 0.25) is 0 Å². The van der Waals surface area contributed by atoms with Crippen LogP contribution in [0.4, 0.5) is 0 Å². The Labute approximate surface area is 108 Å². The Morgan fingerprint density at radius 1 is 1.33 bits per heavy atom. The molecule has 0 bridgehead atoms. The molecule has 18 heavy (non-hydrogen) atoms. The van der Waals surface area contributed by atoms with Gasteiger partial charge in [0.1, 0.15) is 17.7 Å². The average molecular weight is 253 g/mol. The molecule has 1 aromatic rings. The van der Waals surface area contributed by atoms with Crippen molar-refractivity contribution >= 4 is 5.97 Å². The first-order valence-electron chi connectivity index (χ1n) is 6.52. The molecule has 1 heterocycles. The van der Waals surface area contributed by atoms with Crippen LogP contribution in [0.15, 0.2) is 0 Å². The van der Waals surface area contributed by atoms with Crippen LogP contribution < -0.4 is 0 Å². The number of hydrogen-bond donors (Lipinski definition) is 1. The molecular formula is C13H23N3O2. The Morgan fingerprint density at radius 2 is 1.94 bits per heavy atom. The van der Waals surface area contributed by atoms with Crippen molar-refractivity contribution in [2.45, 2.75) is 59.4 Å². The predicted molar refractivity (Wildman–Crippen MR) is 69.6 cm³/mol. The molecule has 5 heteroatoms. The van der Waals surface area contributed by atoms with E-state index in [-0.39, 0.29) is 5.92 Å². The zero-order chi connectivity index (χ0) is 13.9. The van der Waals surface area contributed by atoms with Crippen LogP contribution in [0.5, 0.6) is 0 Å². The lowest BCUT2D eigenvalue weighted by Gasteiger charge is -2.21. The number of carboxylic acids is 1. The maximum atomic E-state index is 11.5. The molecule has 1 rings (SSSR count). The van der Waals surface area contributed by atoms with Crippen LogP contribution in [-0.2, 0) is 4.79 Å². The van der Waals surface area contributed by atoms with Gasteiger partial charge in [0, 0.05) is 5.92 Å². The molecule has 0 spiro atoms. The van der Waals surface area contributed by atoms with Gasteiger partial charge in [-0.05, 0) is 25.7 Å². The second kappa shape index (κ2) is 5.98. The lowest BCUT2D eigenvalue weighted by Crippen LogP contribution is -2.24. The van der Waals surface area contributed by atoms with Gasteiger partial charge in [-0.2, -0.15) is 0 Å². The van der Waals surface area contributed by atoms with Crippen LogP contribution in [0.3, 0.4) is 0 Å². The number of aryl methyl sites for hydroxylation is 1. The number of aliphatic carboxylic acids is 1. The van der Waals surface area contributed by atoms with Crippen LogP contribution in [0.2, 0.25) is 0 Å². The number of aromatic nitrogens is 3. The molecule has 0 aromatic carbocycles. The number of carboxylic acid groups (broad SMARTS) is 1. The molecule has 1 N–H and O–H groups in total. The van der Waals surface area contributed by atoms with E-state index in [9.17, 15) is 9.90 Å². The van der Waals surface area contributed by atoms with Crippen molar-refractivity contribution < 1.29 is 9.90 Å². The van der Waals surface area contributed by atoms with Crippen molar-refractivity contribution in [1.82, 2.24) is 14.8 Å². The first-order chi connectivity index (χ1) is 8.38. The summed E-state index contributed by atoms with van der Waals surface area (Å²) >= 11 is 0. The molecule has 0 saturated carbocycles. The number of hydrogen-bond acceptors (Lipinski definition) is 3. The first-order valence-corrected chi connectivity index (χ1v) is 6.52. The van der Waals surface area contributed by atoms with E-state index < -0.39 is 12.0 Å². The predicted octanol–water partition coefficient (Wildman–Crippen LogP) is 2.77. The van der Waals surface area contributed by atoms with E-state index >= 15 is 0 Å². The van der Waals surface area contributed by atoms with Gasteiger partial charge in [0.05, 0.1) is 0 Å². The van der Waals surface area contributed by atoms with Gasteiger partial charge in [-0.1, -0.05) is 27.7 Å². The van der Waals surface area contributed by atoms with E-state index in [4.69, 9.17) is 0 Å². The minimum atomic E-state index is -0.809. The molecule has 102 valence electrons. The smallest absolute Gasteiger partial charge is 0.326 e. The van der Waals surface area contributed by atoms with E-state index in [0.717, 1.165) is 12.2 Å². The number of nitrogens with zero attached hydrogens (tertiary/aromatic N) is 3. The van der Waals surface area contributed by atoms with E-state index in [1.165, 1.54) is 0 Å². The third kappa shape index (κ3) is 3.09. The summed E-state index contributed by atoms with van der Waals surface area (Å²) in [5, 5.41) is 17.6. The highest BCUT2D eigenvalue weighted by Gasteiger charge is 2.27. The Kier molecular flexibility index (Phi) is 4.87. The Balaban J connectivity index is 3.18. The highest BCUT2D eigenvalue weighted by atomic mass is 16.4. The van der Waals surface area contributed by atoms with Gasteiger partial charge in [-0.15, -0.1) is 10.2 Å². The van der Waals surface area contributed by atoms with E-state index in [0.29, 0.717) is 18.2 Å². The molecular weight excluding hydrogens is 230 g/mol. The van der Waals surface area contributed by atoms with Gasteiger partial charge in [0.25, 0.3) is 0 Å². The van der Waals surface area contributed by atoms with Crippen LogP contribution >= 0.6 is 0 Å². The SMILES string of the molecule is CCC(C)c1nnc(C)n1C(CC(C)C)C(=O)O. The molecule has 0 fully saturated rings. The van der Waals surface area contributed by atoms with Crippen molar-refractivity contribution in [2.75, 3.05) is 0 Å². The molecule has 0 amide bonds. The minimum absolute atomic E-state index is 0.222. The molecule has 5 nitrogen and oxygen atoms in total. The van der Waals surface area contributed by atoms with Gasteiger partial charge in [0.15, 0.2) is 0 Å². The summed E-state index contributed by atoms with van der Waals surface area (Å²) in [7, 11) is 0.